The van der Waals surface area contributed by atoms with Crippen molar-refractivity contribution in [1.82, 2.24) is 4.31 Å². The van der Waals surface area contributed by atoms with Crippen molar-refractivity contribution in [2.24, 2.45) is 11.7 Å². The minimum atomic E-state index is -3.16. The van der Waals surface area contributed by atoms with Crippen LogP contribution in [0.4, 0.5) is 0 Å². The molecule has 1 rings (SSSR count). The summed E-state index contributed by atoms with van der Waals surface area (Å²) in [5.74, 6) is 0.330. The van der Waals surface area contributed by atoms with Crippen LogP contribution in [0, 0.1) is 5.92 Å². The van der Waals surface area contributed by atoms with Gasteiger partial charge in [0.25, 0.3) is 0 Å². The third-order valence-corrected chi connectivity index (χ3v) is 5.49. The second kappa shape index (κ2) is 4.39. The molecule has 5 heteroatoms. The fourth-order valence-electron chi connectivity index (χ4n) is 1.82. The monoisotopic (exact) mass is 234 g/mol. The Morgan fingerprint density at radius 1 is 1.40 bits per heavy atom. The van der Waals surface area contributed by atoms with Gasteiger partial charge in [-0.15, -0.1) is 0 Å². The molecule has 1 unspecified atom stereocenters. The van der Waals surface area contributed by atoms with Crippen molar-refractivity contribution in [3.8, 4) is 0 Å². The Balaban J connectivity index is 2.80. The van der Waals surface area contributed by atoms with Crippen molar-refractivity contribution < 1.29 is 8.42 Å². The lowest BCUT2D eigenvalue weighted by molar-refractivity contribution is 0.266. The number of hydrogen-bond donors (Lipinski definition) is 1. The zero-order valence-electron chi connectivity index (χ0n) is 9.86. The van der Waals surface area contributed by atoms with E-state index in [9.17, 15) is 8.42 Å². The van der Waals surface area contributed by atoms with Crippen molar-refractivity contribution in [2.75, 3.05) is 19.6 Å². The maximum absolute atomic E-state index is 12.2. The van der Waals surface area contributed by atoms with Crippen LogP contribution in [0.25, 0.3) is 0 Å². The van der Waals surface area contributed by atoms with E-state index in [-0.39, 0.29) is 0 Å². The summed E-state index contributed by atoms with van der Waals surface area (Å²) in [6.07, 6.45) is 1.98. The quantitative estimate of drug-likeness (QED) is 0.768. The first-order valence-corrected chi connectivity index (χ1v) is 6.93. The average Bonchev–Trinajstić information content (AvgIpc) is 2.16. The van der Waals surface area contributed by atoms with Crippen LogP contribution in [-0.2, 0) is 10.0 Å². The second-order valence-electron chi connectivity index (χ2n) is 5.22. The molecule has 15 heavy (non-hydrogen) atoms. The molecule has 1 heterocycles. The number of nitrogens with zero attached hydrogens (tertiary/aromatic N) is 1. The molecule has 0 saturated carbocycles. The molecule has 90 valence electrons. The van der Waals surface area contributed by atoms with Crippen LogP contribution in [0.1, 0.15) is 33.6 Å². The molecule has 4 nitrogen and oxygen atoms in total. The van der Waals surface area contributed by atoms with Crippen LogP contribution >= 0.6 is 0 Å². The number of piperidine rings is 1. The molecule has 0 amide bonds. The molecular formula is C10H22N2O2S. The standard InChI is InChI=1S/C10H22N2O2S/c1-10(2,3)15(13,14)12-6-4-5-9(7-11)8-12/h9H,4-8,11H2,1-3H3. The van der Waals surface area contributed by atoms with E-state index in [2.05, 4.69) is 0 Å². The molecule has 0 aromatic carbocycles. The van der Waals surface area contributed by atoms with Crippen LogP contribution < -0.4 is 5.73 Å². The van der Waals surface area contributed by atoms with Gasteiger partial charge in [-0.05, 0) is 46.1 Å². The van der Waals surface area contributed by atoms with Crippen LogP contribution in [0.15, 0.2) is 0 Å². The van der Waals surface area contributed by atoms with E-state index in [0.29, 0.717) is 25.6 Å². The highest BCUT2D eigenvalue weighted by Gasteiger charge is 2.37. The highest BCUT2D eigenvalue weighted by molar-refractivity contribution is 7.90. The third kappa shape index (κ3) is 2.71. The Hall–Kier alpha value is -0.130. The van der Waals surface area contributed by atoms with E-state index in [1.165, 1.54) is 0 Å². The predicted octanol–water partition coefficient (Wildman–Crippen LogP) is 0.785. The second-order valence-corrected chi connectivity index (χ2v) is 7.91. The van der Waals surface area contributed by atoms with Crippen LogP contribution in [-0.4, -0.2) is 37.1 Å². The minimum absolute atomic E-state index is 0.330. The summed E-state index contributed by atoms with van der Waals surface area (Å²) < 4.78 is 25.2. The predicted molar refractivity (Wildman–Crippen MR) is 62.0 cm³/mol. The molecule has 2 N–H and O–H groups in total. The van der Waals surface area contributed by atoms with Gasteiger partial charge in [0, 0.05) is 13.1 Å². The van der Waals surface area contributed by atoms with Gasteiger partial charge in [-0.25, -0.2) is 12.7 Å². The van der Waals surface area contributed by atoms with E-state index in [0.717, 1.165) is 12.8 Å². The van der Waals surface area contributed by atoms with E-state index in [1.807, 2.05) is 0 Å². The molecule has 1 aliphatic heterocycles. The van der Waals surface area contributed by atoms with Gasteiger partial charge >= 0.3 is 0 Å². The van der Waals surface area contributed by atoms with Crippen molar-refractivity contribution in [3.05, 3.63) is 0 Å². The molecule has 0 aromatic heterocycles. The number of sulfonamides is 1. The zero-order chi connectivity index (χ0) is 11.7. The van der Waals surface area contributed by atoms with Crippen LogP contribution in [0.2, 0.25) is 0 Å². The summed E-state index contributed by atoms with van der Waals surface area (Å²) in [7, 11) is -3.16. The molecule has 0 bridgehead atoms. The Bertz CT molecular complexity index is 306. The van der Waals surface area contributed by atoms with E-state index >= 15 is 0 Å². The number of nitrogens with two attached hydrogens (primary N) is 1. The maximum Gasteiger partial charge on any atom is 0.219 e. The first kappa shape index (κ1) is 12.9. The Morgan fingerprint density at radius 2 is 2.00 bits per heavy atom. The normalized spacial score (nSPS) is 25.5. The summed E-state index contributed by atoms with van der Waals surface area (Å²) in [5.41, 5.74) is 5.60. The Labute approximate surface area is 92.9 Å². The topological polar surface area (TPSA) is 63.4 Å². The summed E-state index contributed by atoms with van der Waals surface area (Å²) in [6, 6.07) is 0. The molecule has 1 aliphatic rings. The minimum Gasteiger partial charge on any atom is -0.330 e. The highest BCUT2D eigenvalue weighted by atomic mass is 32.2. The zero-order valence-corrected chi connectivity index (χ0v) is 10.7. The Kier molecular flexibility index (Phi) is 3.79. The first-order valence-electron chi connectivity index (χ1n) is 5.49. The summed E-state index contributed by atoms with van der Waals surface area (Å²) in [6.45, 7) is 7.06. The van der Waals surface area contributed by atoms with E-state index in [4.69, 9.17) is 5.73 Å². The smallest absolute Gasteiger partial charge is 0.219 e. The molecule has 0 aromatic rings. The van der Waals surface area contributed by atoms with Gasteiger partial charge in [0.15, 0.2) is 0 Å². The van der Waals surface area contributed by atoms with Crippen molar-refractivity contribution in [2.45, 2.75) is 38.4 Å². The van der Waals surface area contributed by atoms with Gasteiger partial charge in [-0.3, -0.25) is 0 Å². The van der Waals surface area contributed by atoms with Crippen LogP contribution in [0.3, 0.4) is 0 Å². The third-order valence-electron chi connectivity index (χ3n) is 2.93. The Morgan fingerprint density at radius 3 is 2.47 bits per heavy atom. The molecule has 1 saturated heterocycles. The van der Waals surface area contributed by atoms with E-state index in [1.54, 1.807) is 25.1 Å². The summed E-state index contributed by atoms with van der Waals surface area (Å²) in [5, 5.41) is 0. The lowest BCUT2D eigenvalue weighted by Gasteiger charge is -2.35. The molecule has 0 aliphatic carbocycles. The highest BCUT2D eigenvalue weighted by Crippen LogP contribution is 2.25. The largest absolute Gasteiger partial charge is 0.330 e. The lowest BCUT2D eigenvalue weighted by atomic mass is 10.0. The van der Waals surface area contributed by atoms with Crippen LogP contribution in [0.5, 0.6) is 0 Å². The van der Waals surface area contributed by atoms with Gasteiger partial charge in [0.2, 0.25) is 10.0 Å². The van der Waals surface area contributed by atoms with Crippen molar-refractivity contribution in [1.29, 1.82) is 0 Å². The molecule has 0 spiro atoms. The molecular weight excluding hydrogens is 212 g/mol. The molecule has 1 atom stereocenters. The average molecular weight is 234 g/mol. The fraction of sp³-hybridized carbons (Fsp3) is 1.00. The summed E-state index contributed by atoms with van der Waals surface area (Å²) in [4.78, 5) is 0. The van der Waals surface area contributed by atoms with Gasteiger partial charge in [-0.2, -0.15) is 0 Å². The van der Waals surface area contributed by atoms with E-state index < -0.39 is 14.8 Å². The van der Waals surface area contributed by atoms with Gasteiger partial charge in [0.1, 0.15) is 0 Å². The summed E-state index contributed by atoms with van der Waals surface area (Å²) >= 11 is 0. The van der Waals surface area contributed by atoms with Crippen molar-refractivity contribution in [3.63, 3.8) is 0 Å². The van der Waals surface area contributed by atoms with Gasteiger partial charge in [-0.1, -0.05) is 0 Å². The van der Waals surface area contributed by atoms with Gasteiger partial charge < -0.3 is 5.73 Å². The first-order chi connectivity index (χ1) is 6.79. The molecule has 0 radical (unpaired) electrons. The lowest BCUT2D eigenvalue weighted by Crippen LogP contribution is -2.48. The maximum atomic E-state index is 12.2. The van der Waals surface area contributed by atoms with Crippen molar-refractivity contribution >= 4 is 10.0 Å². The fourth-order valence-corrected chi connectivity index (χ4v) is 3.38. The number of hydrogen-bond acceptors (Lipinski definition) is 3. The number of rotatable bonds is 2. The molecule has 1 fully saturated rings. The van der Waals surface area contributed by atoms with Gasteiger partial charge in [0.05, 0.1) is 4.75 Å². The SMILES string of the molecule is CC(C)(C)S(=O)(=O)N1CCCC(CN)C1.